The molecule has 1 heterocycles. The van der Waals surface area contributed by atoms with Crippen LogP contribution in [0.2, 0.25) is 0 Å². The molecule has 0 aromatic rings. The molecule has 3 fully saturated rings. The molecule has 8 heteroatoms. The monoisotopic (exact) mass is 353 g/mol. The summed E-state index contributed by atoms with van der Waals surface area (Å²) in [5.41, 5.74) is -0.325. The Morgan fingerprint density at radius 1 is 1.33 bits per heavy atom. The van der Waals surface area contributed by atoms with Crippen molar-refractivity contribution in [3.8, 4) is 12.3 Å². The minimum atomic E-state index is -3.48. The summed E-state index contributed by atoms with van der Waals surface area (Å²) >= 11 is 0. The number of carbonyl (C=O) groups is 2. The zero-order valence-electron chi connectivity index (χ0n) is 14.0. The molecule has 0 bridgehead atoms. The lowest BCUT2D eigenvalue weighted by atomic mass is 9.81. The number of carbonyl (C=O) groups excluding carboxylic acids is 2. The molecule has 132 valence electrons. The molecule has 3 amide bonds. The SMILES string of the molecule is C#CCN1C(=O)C2CC(S(=O)(=O)NC3(C)CC3)CCC2N(C)C1=O. The topological polar surface area (TPSA) is 86.8 Å². The van der Waals surface area contributed by atoms with Crippen LogP contribution in [0.4, 0.5) is 4.79 Å². The van der Waals surface area contributed by atoms with Gasteiger partial charge in [0.25, 0.3) is 0 Å². The van der Waals surface area contributed by atoms with Crippen molar-refractivity contribution in [2.24, 2.45) is 5.92 Å². The van der Waals surface area contributed by atoms with E-state index in [1.165, 1.54) is 4.90 Å². The normalized spacial score (nSPS) is 32.3. The Hall–Kier alpha value is -1.59. The molecule has 3 rings (SSSR count). The van der Waals surface area contributed by atoms with Crippen LogP contribution in [0.15, 0.2) is 0 Å². The standard InChI is InChI=1S/C16H23N3O4S/c1-4-9-19-14(20)12-10-11(5-6-13(12)18(3)15(19)21)24(22,23)17-16(2)7-8-16/h1,11-13,17H,5-10H2,2-3H3. The first-order valence-corrected chi connectivity index (χ1v) is 9.77. The molecule has 24 heavy (non-hydrogen) atoms. The lowest BCUT2D eigenvalue weighted by Crippen LogP contribution is -2.63. The number of fused-ring (bicyclic) bond motifs is 1. The summed E-state index contributed by atoms with van der Waals surface area (Å²) in [5, 5.41) is -0.602. The van der Waals surface area contributed by atoms with Crippen molar-refractivity contribution < 1.29 is 18.0 Å². The highest BCUT2D eigenvalue weighted by Gasteiger charge is 2.51. The number of amides is 3. The maximum Gasteiger partial charge on any atom is 0.327 e. The minimum absolute atomic E-state index is 0.0844. The molecule has 2 aliphatic carbocycles. The van der Waals surface area contributed by atoms with Crippen LogP contribution < -0.4 is 4.72 Å². The lowest BCUT2D eigenvalue weighted by molar-refractivity contribution is -0.139. The molecule has 0 aromatic heterocycles. The van der Waals surface area contributed by atoms with Gasteiger partial charge in [0.2, 0.25) is 15.9 Å². The second kappa shape index (κ2) is 5.74. The maximum atomic E-state index is 12.6. The van der Waals surface area contributed by atoms with Crippen molar-refractivity contribution in [3.05, 3.63) is 0 Å². The van der Waals surface area contributed by atoms with E-state index >= 15 is 0 Å². The van der Waals surface area contributed by atoms with E-state index in [1.54, 1.807) is 7.05 Å². The van der Waals surface area contributed by atoms with Crippen LogP contribution in [0.25, 0.3) is 0 Å². The Bertz CT molecular complexity index is 707. The van der Waals surface area contributed by atoms with Gasteiger partial charge >= 0.3 is 6.03 Å². The summed E-state index contributed by atoms with van der Waals surface area (Å²) in [5.74, 6) is 1.46. The van der Waals surface area contributed by atoms with Gasteiger partial charge in [0, 0.05) is 18.6 Å². The van der Waals surface area contributed by atoms with Crippen molar-refractivity contribution in [2.75, 3.05) is 13.6 Å². The first-order valence-electron chi connectivity index (χ1n) is 8.23. The molecular weight excluding hydrogens is 330 g/mol. The largest absolute Gasteiger partial charge is 0.327 e. The first-order chi connectivity index (χ1) is 11.2. The molecule has 7 nitrogen and oxygen atoms in total. The van der Waals surface area contributed by atoms with E-state index in [9.17, 15) is 18.0 Å². The number of urea groups is 1. The molecule has 3 atom stereocenters. The van der Waals surface area contributed by atoms with Gasteiger partial charge in [0.05, 0.1) is 17.7 Å². The van der Waals surface area contributed by atoms with Gasteiger partial charge in [-0.2, -0.15) is 0 Å². The number of terminal acetylenes is 1. The number of hydrogen-bond acceptors (Lipinski definition) is 4. The number of nitrogens with one attached hydrogen (secondary N) is 1. The van der Waals surface area contributed by atoms with Gasteiger partial charge in [0.1, 0.15) is 0 Å². The van der Waals surface area contributed by atoms with E-state index in [2.05, 4.69) is 10.6 Å². The van der Waals surface area contributed by atoms with Crippen molar-refractivity contribution in [3.63, 3.8) is 0 Å². The van der Waals surface area contributed by atoms with Crippen LogP contribution in [0.1, 0.15) is 39.0 Å². The fourth-order valence-corrected chi connectivity index (χ4v) is 5.67. The van der Waals surface area contributed by atoms with Gasteiger partial charge in [-0.1, -0.05) is 5.92 Å². The van der Waals surface area contributed by atoms with Gasteiger partial charge in [-0.3, -0.25) is 9.69 Å². The van der Waals surface area contributed by atoms with E-state index in [0.29, 0.717) is 12.8 Å². The van der Waals surface area contributed by atoms with Gasteiger partial charge in [-0.15, -0.1) is 6.42 Å². The Morgan fingerprint density at radius 3 is 2.58 bits per heavy atom. The summed E-state index contributed by atoms with van der Waals surface area (Å²) in [6, 6.07) is -0.647. The number of imide groups is 1. The van der Waals surface area contributed by atoms with Gasteiger partial charge in [0.15, 0.2) is 0 Å². The van der Waals surface area contributed by atoms with Gasteiger partial charge < -0.3 is 4.90 Å². The van der Waals surface area contributed by atoms with Crippen LogP contribution in [-0.2, 0) is 14.8 Å². The minimum Gasteiger partial charge on any atom is -0.324 e. The van der Waals surface area contributed by atoms with E-state index in [1.807, 2.05) is 6.92 Å². The molecular formula is C16H23N3O4S. The zero-order chi connectivity index (χ0) is 17.7. The molecule has 1 saturated heterocycles. The van der Waals surface area contributed by atoms with Crippen molar-refractivity contribution in [1.82, 2.24) is 14.5 Å². The summed E-state index contributed by atoms with van der Waals surface area (Å²) < 4.78 is 28.0. The summed E-state index contributed by atoms with van der Waals surface area (Å²) in [4.78, 5) is 27.5. The summed E-state index contributed by atoms with van der Waals surface area (Å²) in [7, 11) is -1.83. The molecule has 2 saturated carbocycles. The second-order valence-corrected chi connectivity index (χ2v) is 9.30. The molecule has 3 aliphatic rings. The predicted octanol–water partition coefficient (Wildman–Crippen LogP) is 0.523. The molecule has 1 N–H and O–H groups in total. The third kappa shape index (κ3) is 2.91. The van der Waals surface area contributed by atoms with Crippen LogP contribution >= 0.6 is 0 Å². The third-order valence-electron chi connectivity index (χ3n) is 5.46. The Labute approximate surface area is 142 Å². The van der Waals surface area contributed by atoms with Crippen molar-refractivity contribution in [2.45, 2.75) is 55.9 Å². The highest BCUT2D eigenvalue weighted by molar-refractivity contribution is 7.90. The quantitative estimate of drug-likeness (QED) is 0.747. The Morgan fingerprint density at radius 2 is 2.00 bits per heavy atom. The van der Waals surface area contributed by atoms with Crippen molar-refractivity contribution in [1.29, 1.82) is 0 Å². The number of nitrogens with zero attached hydrogens (tertiary/aromatic N) is 2. The predicted molar refractivity (Wildman–Crippen MR) is 88.3 cm³/mol. The second-order valence-electron chi connectivity index (χ2n) is 7.34. The van der Waals surface area contributed by atoms with E-state index in [0.717, 1.165) is 17.7 Å². The average Bonchev–Trinajstić information content (AvgIpc) is 3.25. The van der Waals surface area contributed by atoms with Gasteiger partial charge in [-0.05, 0) is 39.0 Å². The maximum absolute atomic E-state index is 12.6. The van der Waals surface area contributed by atoms with E-state index < -0.39 is 27.2 Å². The molecule has 0 radical (unpaired) electrons. The fourth-order valence-electron chi connectivity index (χ4n) is 3.71. The number of sulfonamides is 1. The van der Waals surface area contributed by atoms with Crippen molar-refractivity contribution >= 4 is 22.0 Å². The summed E-state index contributed by atoms with van der Waals surface area (Å²) in [6.07, 6.45) is 8.12. The average molecular weight is 353 g/mol. The number of rotatable bonds is 4. The third-order valence-corrected chi connectivity index (χ3v) is 7.54. The van der Waals surface area contributed by atoms with Crippen LogP contribution in [0.3, 0.4) is 0 Å². The highest BCUT2D eigenvalue weighted by Crippen LogP contribution is 2.39. The summed E-state index contributed by atoms with van der Waals surface area (Å²) in [6.45, 7) is 1.81. The molecule has 0 spiro atoms. The molecule has 1 aliphatic heterocycles. The Kier molecular flexibility index (Phi) is 4.12. The smallest absolute Gasteiger partial charge is 0.324 e. The Balaban J connectivity index is 1.79. The van der Waals surface area contributed by atoms with Crippen LogP contribution in [-0.4, -0.2) is 60.6 Å². The molecule has 3 unspecified atom stereocenters. The van der Waals surface area contributed by atoms with E-state index in [-0.39, 0.29) is 30.5 Å². The van der Waals surface area contributed by atoms with Crippen LogP contribution in [0.5, 0.6) is 0 Å². The fraction of sp³-hybridized carbons (Fsp3) is 0.750. The molecule has 0 aromatic carbocycles. The lowest BCUT2D eigenvalue weighted by Gasteiger charge is -2.46. The first kappa shape index (κ1) is 17.2. The van der Waals surface area contributed by atoms with Crippen LogP contribution in [0, 0.1) is 18.3 Å². The van der Waals surface area contributed by atoms with E-state index in [4.69, 9.17) is 6.42 Å². The highest BCUT2D eigenvalue weighted by atomic mass is 32.2. The van der Waals surface area contributed by atoms with Gasteiger partial charge in [-0.25, -0.2) is 17.9 Å². The zero-order valence-corrected chi connectivity index (χ0v) is 14.8. The number of hydrogen-bond donors (Lipinski definition) is 1.